The number of aromatic amines is 1. The van der Waals surface area contributed by atoms with Gasteiger partial charge in [0, 0.05) is 11.9 Å². The van der Waals surface area contributed by atoms with Crippen LogP contribution in [0.4, 0.5) is 5.69 Å². The molecule has 4 nitrogen and oxygen atoms in total. The van der Waals surface area contributed by atoms with Gasteiger partial charge in [-0.3, -0.25) is 0 Å². The van der Waals surface area contributed by atoms with Gasteiger partial charge in [-0.25, -0.2) is 4.98 Å². The molecule has 0 spiro atoms. The molecule has 0 fully saturated rings. The van der Waals surface area contributed by atoms with Crippen molar-refractivity contribution in [3.8, 4) is 5.75 Å². The van der Waals surface area contributed by atoms with Gasteiger partial charge in [0.15, 0.2) is 0 Å². The molecule has 0 atom stereocenters. The van der Waals surface area contributed by atoms with Crippen molar-refractivity contribution in [2.24, 2.45) is 0 Å². The number of nitrogens with one attached hydrogen (secondary N) is 2. The quantitative estimate of drug-likeness (QED) is 0.826. The first kappa shape index (κ1) is 10.5. The second-order valence-corrected chi connectivity index (χ2v) is 3.61. The van der Waals surface area contributed by atoms with Crippen LogP contribution in [-0.4, -0.2) is 17.1 Å². The van der Waals surface area contributed by atoms with Gasteiger partial charge in [0.05, 0.1) is 25.7 Å². The van der Waals surface area contributed by atoms with Crippen molar-refractivity contribution < 1.29 is 4.74 Å². The molecule has 0 aliphatic rings. The molecule has 0 amide bonds. The van der Waals surface area contributed by atoms with Crippen LogP contribution in [0, 0.1) is 6.92 Å². The third kappa shape index (κ3) is 2.34. The maximum absolute atomic E-state index is 5.21. The van der Waals surface area contributed by atoms with Gasteiger partial charge in [0.1, 0.15) is 5.75 Å². The Morgan fingerprint density at radius 3 is 2.94 bits per heavy atom. The SMILES string of the molecule is COc1ccc(NCc2cnc[nH]2)cc1C. The molecule has 2 aromatic rings. The number of methoxy groups -OCH3 is 1. The van der Waals surface area contributed by atoms with Crippen LogP contribution in [0.2, 0.25) is 0 Å². The van der Waals surface area contributed by atoms with Crippen LogP contribution < -0.4 is 10.1 Å². The monoisotopic (exact) mass is 217 g/mol. The molecule has 2 N–H and O–H groups in total. The molecule has 0 unspecified atom stereocenters. The van der Waals surface area contributed by atoms with Crippen LogP contribution in [0.25, 0.3) is 0 Å². The second-order valence-electron chi connectivity index (χ2n) is 3.61. The molecule has 1 heterocycles. The highest BCUT2D eigenvalue weighted by Crippen LogP contribution is 2.21. The van der Waals surface area contributed by atoms with Crippen molar-refractivity contribution in [3.05, 3.63) is 42.0 Å². The molecular weight excluding hydrogens is 202 g/mol. The van der Waals surface area contributed by atoms with E-state index >= 15 is 0 Å². The number of imidazole rings is 1. The number of nitrogens with zero attached hydrogens (tertiary/aromatic N) is 1. The summed E-state index contributed by atoms with van der Waals surface area (Å²) in [5.41, 5.74) is 3.26. The van der Waals surface area contributed by atoms with Crippen LogP contribution in [0.3, 0.4) is 0 Å². The van der Waals surface area contributed by atoms with Crippen LogP contribution in [0.5, 0.6) is 5.75 Å². The minimum atomic E-state index is 0.742. The topological polar surface area (TPSA) is 49.9 Å². The number of ether oxygens (including phenoxy) is 1. The van der Waals surface area contributed by atoms with Crippen molar-refractivity contribution in [1.82, 2.24) is 9.97 Å². The third-order valence-electron chi connectivity index (χ3n) is 2.43. The van der Waals surface area contributed by atoms with Gasteiger partial charge >= 0.3 is 0 Å². The largest absolute Gasteiger partial charge is 0.496 e. The molecule has 0 saturated heterocycles. The Hall–Kier alpha value is -1.97. The lowest BCUT2D eigenvalue weighted by Gasteiger charge is -2.08. The summed E-state index contributed by atoms with van der Waals surface area (Å²) < 4.78 is 5.21. The van der Waals surface area contributed by atoms with E-state index in [1.54, 1.807) is 13.4 Å². The highest BCUT2D eigenvalue weighted by atomic mass is 16.5. The first-order valence-electron chi connectivity index (χ1n) is 5.15. The molecule has 0 bridgehead atoms. The highest BCUT2D eigenvalue weighted by Gasteiger charge is 2.00. The first-order valence-corrected chi connectivity index (χ1v) is 5.15. The van der Waals surface area contributed by atoms with Gasteiger partial charge < -0.3 is 15.0 Å². The van der Waals surface area contributed by atoms with E-state index < -0.39 is 0 Å². The van der Waals surface area contributed by atoms with Crippen molar-refractivity contribution in [1.29, 1.82) is 0 Å². The number of H-pyrrole nitrogens is 1. The molecule has 16 heavy (non-hydrogen) atoms. The van der Waals surface area contributed by atoms with Gasteiger partial charge in [-0.05, 0) is 30.7 Å². The fourth-order valence-corrected chi connectivity index (χ4v) is 1.57. The summed E-state index contributed by atoms with van der Waals surface area (Å²) in [6.45, 7) is 2.77. The Bertz CT molecular complexity index is 451. The number of aromatic nitrogens is 2. The summed E-state index contributed by atoms with van der Waals surface area (Å²) in [6, 6.07) is 6.03. The Kier molecular flexibility index (Phi) is 3.10. The van der Waals surface area contributed by atoms with E-state index in [0.717, 1.165) is 29.2 Å². The average molecular weight is 217 g/mol. The molecule has 0 saturated carbocycles. The minimum absolute atomic E-state index is 0.742. The molecule has 4 heteroatoms. The van der Waals surface area contributed by atoms with Gasteiger partial charge in [-0.1, -0.05) is 0 Å². The van der Waals surface area contributed by atoms with Gasteiger partial charge in [-0.15, -0.1) is 0 Å². The van der Waals surface area contributed by atoms with Gasteiger partial charge in [-0.2, -0.15) is 0 Å². The standard InChI is InChI=1S/C12H15N3O/c1-9-5-10(3-4-12(9)16-2)14-7-11-6-13-8-15-11/h3-6,8,14H,7H2,1-2H3,(H,13,15). The summed E-state index contributed by atoms with van der Waals surface area (Å²) in [5.74, 6) is 0.909. The smallest absolute Gasteiger partial charge is 0.121 e. The highest BCUT2D eigenvalue weighted by molar-refractivity contribution is 5.50. The van der Waals surface area contributed by atoms with E-state index in [9.17, 15) is 0 Å². The van der Waals surface area contributed by atoms with Crippen LogP contribution in [0.15, 0.2) is 30.7 Å². The number of aryl methyl sites for hydroxylation is 1. The molecule has 1 aromatic heterocycles. The molecule has 1 aromatic carbocycles. The second kappa shape index (κ2) is 4.70. The minimum Gasteiger partial charge on any atom is -0.496 e. The van der Waals surface area contributed by atoms with E-state index in [0.29, 0.717) is 0 Å². The van der Waals surface area contributed by atoms with Crippen molar-refractivity contribution in [2.75, 3.05) is 12.4 Å². The summed E-state index contributed by atoms with van der Waals surface area (Å²) in [5, 5.41) is 3.31. The lowest BCUT2D eigenvalue weighted by Crippen LogP contribution is -2.00. The van der Waals surface area contributed by atoms with E-state index in [1.165, 1.54) is 0 Å². The normalized spacial score (nSPS) is 10.1. The number of benzene rings is 1. The molecule has 0 aliphatic heterocycles. The van der Waals surface area contributed by atoms with E-state index in [4.69, 9.17) is 4.74 Å². The van der Waals surface area contributed by atoms with Gasteiger partial charge in [0.25, 0.3) is 0 Å². The molecule has 2 rings (SSSR count). The fourth-order valence-electron chi connectivity index (χ4n) is 1.57. The molecular formula is C12H15N3O. The summed E-state index contributed by atoms with van der Waals surface area (Å²) in [7, 11) is 1.68. The van der Waals surface area contributed by atoms with Crippen molar-refractivity contribution in [2.45, 2.75) is 13.5 Å². The average Bonchev–Trinajstić information content (AvgIpc) is 2.79. The van der Waals surface area contributed by atoms with Crippen molar-refractivity contribution >= 4 is 5.69 Å². The first-order chi connectivity index (χ1) is 7.79. The fraction of sp³-hybridized carbons (Fsp3) is 0.250. The van der Waals surface area contributed by atoms with Crippen molar-refractivity contribution in [3.63, 3.8) is 0 Å². The number of hydrogen-bond donors (Lipinski definition) is 2. The zero-order chi connectivity index (χ0) is 11.4. The van der Waals surface area contributed by atoms with E-state index in [-0.39, 0.29) is 0 Å². The van der Waals surface area contributed by atoms with Crippen LogP contribution in [-0.2, 0) is 6.54 Å². The lowest BCUT2D eigenvalue weighted by molar-refractivity contribution is 0.412. The van der Waals surface area contributed by atoms with Gasteiger partial charge in [0.2, 0.25) is 0 Å². The van der Waals surface area contributed by atoms with Crippen LogP contribution in [0.1, 0.15) is 11.3 Å². The predicted molar refractivity (Wildman–Crippen MR) is 63.6 cm³/mol. The lowest BCUT2D eigenvalue weighted by atomic mass is 10.2. The Morgan fingerprint density at radius 2 is 2.31 bits per heavy atom. The number of hydrogen-bond acceptors (Lipinski definition) is 3. The van der Waals surface area contributed by atoms with E-state index in [1.807, 2.05) is 25.3 Å². The Balaban J connectivity index is 2.02. The zero-order valence-electron chi connectivity index (χ0n) is 9.45. The Labute approximate surface area is 94.7 Å². The summed E-state index contributed by atoms with van der Waals surface area (Å²) >= 11 is 0. The predicted octanol–water partition coefficient (Wildman–Crippen LogP) is 2.34. The number of rotatable bonds is 4. The maximum Gasteiger partial charge on any atom is 0.121 e. The summed E-state index contributed by atoms with van der Waals surface area (Å²) in [6.07, 6.45) is 3.49. The molecule has 0 radical (unpaired) electrons. The third-order valence-corrected chi connectivity index (χ3v) is 2.43. The number of anilines is 1. The Morgan fingerprint density at radius 1 is 1.44 bits per heavy atom. The molecule has 84 valence electrons. The molecule has 0 aliphatic carbocycles. The maximum atomic E-state index is 5.21. The van der Waals surface area contributed by atoms with E-state index in [2.05, 4.69) is 21.4 Å². The summed E-state index contributed by atoms with van der Waals surface area (Å²) in [4.78, 5) is 7.01. The zero-order valence-corrected chi connectivity index (χ0v) is 9.45. The van der Waals surface area contributed by atoms with Crippen LogP contribution >= 0.6 is 0 Å².